The van der Waals surface area contributed by atoms with Crippen LogP contribution in [0.15, 0.2) is 30.3 Å². The molecule has 0 radical (unpaired) electrons. The SMILES string of the molecule is CCCCC1CCN(C(=O)c2ccccc2)C1. The number of nitrogens with zero attached hydrogens (tertiary/aromatic N) is 1. The maximum atomic E-state index is 12.2. The number of amides is 1. The molecule has 1 amide bonds. The Morgan fingerprint density at radius 2 is 2.12 bits per heavy atom. The van der Waals surface area contributed by atoms with E-state index in [1.54, 1.807) is 0 Å². The number of carbonyl (C=O) groups excluding carboxylic acids is 1. The molecule has 92 valence electrons. The van der Waals surface area contributed by atoms with Crippen LogP contribution in [-0.2, 0) is 0 Å². The fourth-order valence-electron chi connectivity index (χ4n) is 2.51. The minimum absolute atomic E-state index is 0.199. The largest absolute Gasteiger partial charge is 0.338 e. The van der Waals surface area contributed by atoms with Gasteiger partial charge in [0.2, 0.25) is 0 Å². The van der Waals surface area contributed by atoms with E-state index in [-0.39, 0.29) is 5.91 Å². The Labute approximate surface area is 104 Å². The molecule has 2 heteroatoms. The maximum absolute atomic E-state index is 12.2. The van der Waals surface area contributed by atoms with Gasteiger partial charge in [-0.2, -0.15) is 0 Å². The molecule has 2 nitrogen and oxygen atoms in total. The minimum atomic E-state index is 0.199. The van der Waals surface area contributed by atoms with Crippen LogP contribution in [0.4, 0.5) is 0 Å². The molecular weight excluding hydrogens is 210 g/mol. The highest BCUT2D eigenvalue weighted by atomic mass is 16.2. The first kappa shape index (κ1) is 12.2. The summed E-state index contributed by atoms with van der Waals surface area (Å²) in [5, 5.41) is 0. The molecule has 1 aliphatic rings. The summed E-state index contributed by atoms with van der Waals surface area (Å²) >= 11 is 0. The van der Waals surface area contributed by atoms with Gasteiger partial charge in [-0.3, -0.25) is 4.79 Å². The Morgan fingerprint density at radius 1 is 1.35 bits per heavy atom. The van der Waals surface area contributed by atoms with Gasteiger partial charge in [0.05, 0.1) is 0 Å². The Hall–Kier alpha value is -1.31. The third-order valence-electron chi connectivity index (χ3n) is 3.56. The fraction of sp³-hybridized carbons (Fsp3) is 0.533. The van der Waals surface area contributed by atoms with Crippen LogP contribution in [-0.4, -0.2) is 23.9 Å². The van der Waals surface area contributed by atoms with Crippen LogP contribution in [0.25, 0.3) is 0 Å². The number of hydrogen-bond acceptors (Lipinski definition) is 1. The van der Waals surface area contributed by atoms with Crippen molar-refractivity contribution in [3.63, 3.8) is 0 Å². The Morgan fingerprint density at radius 3 is 2.82 bits per heavy atom. The zero-order valence-corrected chi connectivity index (χ0v) is 10.6. The van der Waals surface area contributed by atoms with E-state index in [4.69, 9.17) is 0 Å². The highest BCUT2D eigenvalue weighted by Gasteiger charge is 2.26. The molecule has 1 fully saturated rings. The van der Waals surface area contributed by atoms with E-state index in [1.807, 2.05) is 35.2 Å². The molecule has 1 aromatic rings. The molecule has 17 heavy (non-hydrogen) atoms. The zero-order chi connectivity index (χ0) is 12.1. The minimum Gasteiger partial charge on any atom is -0.338 e. The highest BCUT2D eigenvalue weighted by molar-refractivity contribution is 5.94. The van der Waals surface area contributed by atoms with Crippen molar-refractivity contribution in [2.45, 2.75) is 32.6 Å². The van der Waals surface area contributed by atoms with Crippen molar-refractivity contribution < 1.29 is 4.79 Å². The molecule has 0 N–H and O–H groups in total. The predicted octanol–water partition coefficient (Wildman–Crippen LogP) is 3.34. The second-order valence-electron chi connectivity index (χ2n) is 4.91. The number of carbonyl (C=O) groups is 1. The summed E-state index contributed by atoms with van der Waals surface area (Å²) in [7, 11) is 0. The molecule has 0 saturated carbocycles. The monoisotopic (exact) mass is 231 g/mol. The molecule has 1 heterocycles. The molecule has 1 saturated heterocycles. The lowest BCUT2D eigenvalue weighted by Crippen LogP contribution is -2.28. The quantitative estimate of drug-likeness (QED) is 0.778. The molecule has 2 rings (SSSR count). The Balaban J connectivity index is 1.90. The smallest absolute Gasteiger partial charge is 0.253 e. The second kappa shape index (κ2) is 5.85. The number of unbranched alkanes of at least 4 members (excludes halogenated alkanes) is 1. The van der Waals surface area contributed by atoms with Gasteiger partial charge in [0.25, 0.3) is 5.91 Å². The molecule has 1 unspecified atom stereocenters. The normalized spacial score (nSPS) is 19.6. The summed E-state index contributed by atoms with van der Waals surface area (Å²) in [6.07, 6.45) is 4.99. The van der Waals surface area contributed by atoms with Gasteiger partial charge in [0.15, 0.2) is 0 Å². The standard InChI is InChI=1S/C15H21NO/c1-2-3-7-13-10-11-16(12-13)15(17)14-8-5-4-6-9-14/h4-6,8-9,13H,2-3,7,10-12H2,1H3. The van der Waals surface area contributed by atoms with E-state index in [2.05, 4.69) is 6.92 Å². The molecule has 0 aromatic heterocycles. The van der Waals surface area contributed by atoms with Gasteiger partial charge >= 0.3 is 0 Å². The van der Waals surface area contributed by atoms with Crippen molar-refractivity contribution in [2.75, 3.05) is 13.1 Å². The first-order chi connectivity index (χ1) is 8.31. The van der Waals surface area contributed by atoms with Gasteiger partial charge in [-0.1, -0.05) is 38.0 Å². The highest BCUT2D eigenvalue weighted by Crippen LogP contribution is 2.23. The van der Waals surface area contributed by atoms with Gasteiger partial charge in [0, 0.05) is 18.7 Å². The number of benzene rings is 1. The van der Waals surface area contributed by atoms with Crippen LogP contribution >= 0.6 is 0 Å². The lowest BCUT2D eigenvalue weighted by molar-refractivity contribution is 0.0786. The van der Waals surface area contributed by atoms with E-state index in [0.29, 0.717) is 0 Å². The van der Waals surface area contributed by atoms with Crippen LogP contribution in [0.1, 0.15) is 43.0 Å². The average Bonchev–Trinajstić information content (AvgIpc) is 2.85. The van der Waals surface area contributed by atoms with Gasteiger partial charge in [-0.05, 0) is 30.9 Å². The number of hydrogen-bond donors (Lipinski definition) is 0. The van der Waals surface area contributed by atoms with E-state index in [9.17, 15) is 4.79 Å². The van der Waals surface area contributed by atoms with Gasteiger partial charge < -0.3 is 4.90 Å². The van der Waals surface area contributed by atoms with Crippen molar-refractivity contribution in [1.82, 2.24) is 4.90 Å². The van der Waals surface area contributed by atoms with E-state index >= 15 is 0 Å². The summed E-state index contributed by atoms with van der Waals surface area (Å²) in [5.74, 6) is 0.923. The number of likely N-dealkylation sites (tertiary alicyclic amines) is 1. The Kier molecular flexibility index (Phi) is 4.18. The average molecular weight is 231 g/mol. The van der Waals surface area contributed by atoms with Crippen molar-refractivity contribution in [2.24, 2.45) is 5.92 Å². The lowest BCUT2D eigenvalue weighted by atomic mass is 10.0. The molecule has 1 aromatic carbocycles. The van der Waals surface area contributed by atoms with Crippen molar-refractivity contribution >= 4 is 5.91 Å². The fourth-order valence-corrected chi connectivity index (χ4v) is 2.51. The summed E-state index contributed by atoms with van der Waals surface area (Å²) in [6, 6.07) is 9.62. The third kappa shape index (κ3) is 3.09. The molecule has 0 aliphatic carbocycles. The molecular formula is C15H21NO. The summed E-state index contributed by atoms with van der Waals surface area (Å²) in [6.45, 7) is 4.11. The summed E-state index contributed by atoms with van der Waals surface area (Å²) in [4.78, 5) is 14.2. The van der Waals surface area contributed by atoms with Crippen molar-refractivity contribution in [3.8, 4) is 0 Å². The van der Waals surface area contributed by atoms with Crippen LogP contribution in [0.5, 0.6) is 0 Å². The summed E-state index contributed by atoms with van der Waals surface area (Å²) < 4.78 is 0. The zero-order valence-electron chi connectivity index (χ0n) is 10.6. The second-order valence-corrected chi connectivity index (χ2v) is 4.91. The Bertz CT molecular complexity index is 360. The van der Waals surface area contributed by atoms with E-state index < -0.39 is 0 Å². The predicted molar refractivity (Wildman–Crippen MR) is 70.0 cm³/mol. The third-order valence-corrected chi connectivity index (χ3v) is 3.56. The van der Waals surface area contributed by atoms with E-state index in [0.717, 1.165) is 24.6 Å². The molecule has 1 aliphatic heterocycles. The molecule has 1 atom stereocenters. The van der Waals surface area contributed by atoms with Crippen LogP contribution in [0.3, 0.4) is 0 Å². The molecule has 0 bridgehead atoms. The van der Waals surface area contributed by atoms with Crippen LogP contribution < -0.4 is 0 Å². The van der Waals surface area contributed by atoms with Gasteiger partial charge in [-0.25, -0.2) is 0 Å². The maximum Gasteiger partial charge on any atom is 0.253 e. The van der Waals surface area contributed by atoms with Gasteiger partial charge in [0.1, 0.15) is 0 Å². The molecule has 0 spiro atoms. The number of rotatable bonds is 4. The first-order valence-corrected chi connectivity index (χ1v) is 6.65. The lowest BCUT2D eigenvalue weighted by Gasteiger charge is -2.16. The first-order valence-electron chi connectivity index (χ1n) is 6.65. The van der Waals surface area contributed by atoms with Crippen LogP contribution in [0.2, 0.25) is 0 Å². The van der Waals surface area contributed by atoms with E-state index in [1.165, 1.54) is 25.7 Å². The van der Waals surface area contributed by atoms with Crippen molar-refractivity contribution in [3.05, 3.63) is 35.9 Å². The van der Waals surface area contributed by atoms with Crippen LogP contribution in [0, 0.1) is 5.92 Å². The summed E-state index contributed by atoms with van der Waals surface area (Å²) in [5.41, 5.74) is 0.823. The topological polar surface area (TPSA) is 20.3 Å². The van der Waals surface area contributed by atoms with Crippen molar-refractivity contribution in [1.29, 1.82) is 0 Å². The van der Waals surface area contributed by atoms with Gasteiger partial charge in [-0.15, -0.1) is 0 Å².